The smallest absolute Gasteiger partial charge is 0.311 e. The first-order chi connectivity index (χ1) is 15.9. The predicted octanol–water partition coefficient (Wildman–Crippen LogP) is 2.64. The van der Waals surface area contributed by atoms with E-state index in [0.717, 1.165) is 19.3 Å². The van der Waals surface area contributed by atoms with Gasteiger partial charge in [-0.1, -0.05) is 39.0 Å². The van der Waals surface area contributed by atoms with Gasteiger partial charge in [0.05, 0.1) is 16.6 Å². The number of unbranched alkanes of at least 4 members (excludes halogenated alkanes) is 2. The second-order valence-corrected chi connectivity index (χ2v) is 10.9. The molecule has 3 unspecified atom stereocenters. The van der Waals surface area contributed by atoms with Gasteiger partial charge in [-0.05, 0) is 31.6 Å². The van der Waals surface area contributed by atoms with Crippen LogP contribution in [0, 0.1) is 17.8 Å². The Hall–Kier alpha value is -1.80. The third-order valence-corrected chi connectivity index (χ3v) is 9.42. The number of thioether (sulfide) groups is 1. The highest BCUT2D eigenvalue weighted by Gasteiger charge is 2.76. The number of aliphatic hydroxyl groups excluding tert-OH is 1. The molecule has 3 fully saturated rings. The summed E-state index contributed by atoms with van der Waals surface area (Å²) in [5.41, 5.74) is 0. The summed E-state index contributed by atoms with van der Waals surface area (Å²) in [5.74, 6) is -1.52. The SMILES string of the molecule is C=CCOC(=O)[C@@H]1[C@H]2C(=O)N(CCCCO)C(C(=O)N(CC=C)CCCC)C23S[C@@H]1CC3C. The molecule has 0 aromatic carbocycles. The Balaban J connectivity index is 2.00. The van der Waals surface area contributed by atoms with Gasteiger partial charge >= 0.3 is 5.97 Å². The number of esters is 1. The lowest BCUT2D eigenvalue weighted by atomic mass is 9.66. The molecular formula is C25H38N2O5S. The van der Waals surface area contributed by atoms with E-state index in [4.69, 9.17) is 4.74 Å². The van der Waals surface area contributed by atoms with Crippen LogP contribution in [-0.2, 0) is 19.1 Å². The minimum Gasteiger partial charge on any atom is -0.461 e. The van der Waals surface area contributed by atoms with Crippen LogP contribution in [0.2, 0.25) is 0 Å². The van der Waals surface area contributed by atoms with Crippen LogP contribution in [0.1, 0.15) is 46.0 Å². The van der Waals surface area contributed by atoms with Gasteiger partial charge < -0.3 is 19.6 Å². The lowest BCUT2D eigenvalue weighted by molar-refractivity contribution is -0.153. The first-order valence-electron chi connectivity index (χ1n) is 12.1. The van der Waals surface area contributed by atoms with Gasteiger partial charge in [-0.3, -0.25) is 14.4 Å². The quantitative estimate of drug-likeness (QED) is 0.249. The second kappa shape index (κ2) is 11.1. The molecule has 7 nitrogen and oxygen atoms in total. The van der Waals surface area contributed by atoms with Gasteiger partial charge in [0.25, 0.3) is 0 Å². The molecule has 3 saturated heterocycles. The van der Waals surface area contributed by atoms with Crippen molar-refractivity contribution in [2.45, 2.75) is 62.0 Å². The lowest BCUT2D eigenvalue weighted by Crippen LogP contribution is -2.57. The molecule has 1 spiro atoms. The van der Waals surface area contributed by atoms with E-state index in [1.54, 1.807) is 22.7 Å². The van der Waals surface area contributed by atoms with Crippen molar-refractivity contribution in [2.75, 3.05) is 32.8 Å². The van der Waals surface area contributed by atoms with Crippen molar-refractivity contribution in [2.24, 2.45) is 17.8 Å². The molecule has 3 heterocycles. The molecule has 184 valence electrons. The maximum Gasteiger partial charge on any atom is 0.311 e. The minimum atomic E-state index is -0.637. The Morgan fingerprint density at radius 3 is 2.70 bits per heavy atom. The summed E-state index contributed by atoms with van der Waals surface area (Å²) in [6.07, 6.45) is 7.05. The van der Waals surface area contributed by atoms with Crippen LogP contribution < -0.4 is 0 Å². The van der Waals surface area contributed by atoms with Crippen LogP contribution in [0.25, 0.3) is 0 Å². The number of carbonyl (C=O) groups is 3. The van der Waals surface area contributed by atoms with E-state index < -0.39 is 22.6 Å². The topological polar surface area (TPSA) is 87.1 Å². The average Bonchev–Trinajstić information content (AvgIpc) is 3.38. The van der Waals surface area contributed by atoms with Crippen molar-refractivity contribution in [1.29, 1.82) is 0 Å². The average molecular weight is 479 g/mol. The molecule has 1 N–H and O–H groups in total. The Kier molecular flexibility index (Phi) is 8.67. The standard InChI is InChI=1S/C25H38N2O5S/c1-5-8-12-26(11-6-2)23(30)21-25-17(4)16-18(33-25)19(24(31)32-15-7-3)20(25)22(29)27(21)13-9-10-14-28/h6-7,17-21,28H,2-3,5,8-16H2,1,4H3/t17?,18-,19+,20+,21?,25?/m1/s1. The predicted molar refractivity (Wildman–Crippen MR) is 130 cm³/mol. The molecule has 0 aromatic rings. The number of likely N-dealkylation sites (tertiary alicyclic amines) is 1. The lowest BCUT2D eigenvalue weighted by Gasteiger charge is -2.40. The highest BCUT2D eigenvalue weighted by Crippen LogP contribution is 2.68. The van der Waals surface area contributed by atoms with Crippen molar-refractivity contribution in [3.05, 3.63) is 25.3 Å². The van der Waals surface area contributed by atoms with Crippen molar-refractivity contribution in [3.8, 4) is 0 Å². The summed E-state index contributed by atoms with van der Waals surface area (Å²) < 4.78 is 4.76. The monoisotopic (exact) mass is 478 g/mol. The molecule has 0 saturated carbocycles. The van der Waals surface area contributed by atoms with E-state index in [0.29, 0.717) is 32.5 Å². The summed E-state index contributed by atoms with van der Waals surface area (Å²) in [5, 5.41) is 9.25. The molecule has 6 atom stereocenters. The third kappa shape index (κ3) is 4.48. The van der Waals surface area contributed by atoms with Gasteiger partial charge in [0.1, 0.15) is 12.6 Å². The van der Waals surface area contributed by atoms with Crippen LogP contribution in [0.4, 0.5) is 0 Å². The van der Waals surface area contributed by atoms with Gasteiger partial charge in [-0.25, -0.2) is 0 Å². The van der Waals surface area contributed by atoms with Crippen LogP contribution in [0.15, 0.2) is 25.3 Å². The Morgan fingerprint density at radius 1 is 1.30 bits per heavy atom. The summed E-state index contributed by atoms with van der Waals surface area (Å²) in [4.78, 5) is 44.4. The summed E-state index contributed by atoms with van der Waals surface area (Å²) in [6, 6.07) is -0.618. The van der Waals surface area contributed by atoms with E-state index >= 15 is 0 Å². The summed E-state index contributed by atoms with van der Waals surface area (Å²) in [6.45, 7) is 13.2. The number of hydrogen-bond donors (Lipinski definition) is 1. The number of carbonyl (C=O) groups excluding carboxylic acids is 3. The van der Waals surface area contributed by atoms with Crippen molar-refractivity contribution >= 4 is 29.5 Å². The number of hydrogen-bond acceptors (Lipinski definition) is 6. The Labute approximate surface area is 201 Å². The second-order valence-electron chi connectivity index (χ2n) is 9.36. The van der Waals surface area contributed by atoms with Crippen molar-refractivity contribution in [3.63, 3.8) is 0 Å². The van der Waals surface area contributed by atoms with Gasteiger partial charge in [0.15, 0.2) is 0 Å². The fraction of sp³-hybridized carbons (Fsp3) is 0.720. The zero-order chi connectivity index (χ0) is 24.2. The number of ether oxygens (including phenoxy) is 1. The van der Waals surface area contributed by atoms with Crippen LogP contribution in [0.5, 0.6) is 0 Å². The molecule has 0 radical (unpaired) electrons. The minimum absolute atomic E-state index is 0.0235. The Bertz CT molecular complexity index is 774. The normalized spacial score (nSPS) is 32.0. The third-order valence-electron chi connectivity index (χ3n) is 7.34. The molecule has 0 aliphatic carbocycles. The molecular weight excluding hydrogens is 440 g/mol. The molecule has 0 aromatic heterocycles. The van der Waals surface area contributed by atoms with Gasteiger partial charge in [0, 0.05) is 31.5 Å². The molecule has 3 aliphatic rings. The van der Waals surface area contributed by atoms with Crippen LogP contribution in [0.3, 0.4) is 0 Å². The van der Waals surface area contributed by atoms with Crippen LogP contribution in [-0.4, -0.2) is 81.6 Å². The maximum absolute atomic E-state index is 14.0. The van der Waals surface area contributed by atoms with E-state index in [1.165, 1.54) is 6.08 Å². The van der Waals surface area contributed by atoms with E-state index in [1.807, 2.05) is 4.90 Å². The first kappa shape index (κ1) is 25.8. The van der Waals surface area contributed by atoms with Gasteiger partial charge in [0.2, 0.25) is 11.8 Å². The maximum atomic E-state index is 14.0. The van der Waals surface area contributed by atoms with E-state index in [-0.39, 0.29) is 42.2 Å². The van der Waals surface area contributed by atoms with Gasteiger partial charge in [-0.2, -0.15) is 0 Å². The fourth-order valence-corrected chi connectivity index (χ4v) is 8.31. The largest absolute Gasteiger partial charge is 0.461 e. The number of rotatable bonds is 13. The van der Waals surface area contributed by atoms with Gasteiger partial charge in [-0.15, -0.1) is 18.3 Å². The number of fused-ring (bicyclic) bond motifs is 1. The number of nitrogens with zero attached hydrogens (tertiary/aromatic N) is 2. The molecule has 3 rings (SSSR count). The van der Waals surface area contributed by atoms with Crippen molar-refractivity contribution in [1.82, 2.24) is 9.80 Å². The zero-order valence-corrected chi connectivity index (χ0v) is 20.7. The van der Waals surface area contributed by atoms with E-state index in [9.17, 15) is 19.5 Å². The molecule has 2 bridgehead atoms. The summed E-state index contributed by atoms with van der Waals surface area (Å²) in [7, 11) is 0. The number of aliphatic hydroxyl groups is 1. The molecule has 3 aliphatic heterocycles. The van der Waals surface area contributed by atoms with E-state index in [2.05, 4.69) is 27.0 Å². The summed E-state index contributed by atoms with van der Waals surface area (Å²) >= 11 is 1.66. The molecule has 8 heteroatoms. The first-order valence-corrected chi connectivity index (χ1v) is 13.0. The highest BCUT2D eigenvalue weighted by atomic mass is 32.2. The van der Waals surface area contributed by atoms with Crippen molar-refractivity contribution < 1.29 is 24.2 Å². The number of amides is 2. The fourth-order valence-electron chi connectivity index (χ4n) is 5.91. The molecule has 33 heavy (non-hydrogen) atoms. The molecule has 2 amide bonds. The highest BCUT2D eigenvalue weighted by molar-refractivity contribution is 8.02. The zero-order valence-electron chi connectivity index (χ0n) is 19.9. The van der Waals surface area contributed by atoms with Crippen LogP contribution >= 0.6 is 11.8 Å². The Morgan fingerprint density at radius 2 is 2.06 bits per heavy atom.